The average Bonchev–Trinajstić information content (AvgIpc) is 3.08. The maximum Gasteiger partial charge on any atom is 0.274 e. The minimum Gasteiger partial charge on any atom is -0.398 e. The van der Waals surface area contributed by atoms with Crippen LogP contribution in [0.25, 0.3) is 11.1 Å². The van der Waals surface area contributed by atoms with E-state index in [1.807, 2.05) is 12.1 Å². The van der Waals surface area contributed by atoms with Gasteiger partial charge in [-0.25, -0.2) is 0 Å². The molecule has 0 bridgehead atoms. The third-order valence-corrected chi connectivity index (χ3v) is 6.23. The van der Waals surface area contributed by atoms with E-state index < -0.39 is 5.91 Å². The molecule has 0 spiro atoms. The number of benzene rings is 2. The minimum absolute atomic E-state index is 0.164. The van der Waals surface area contributed by atoms with Gasteiger partial charge in [-0.1, -0.05) is 68.9 Å². The van der Waals surface area contributed by atoms with Gasteiger partial charge in [0.1, 0.15) is 5.71 Å². The lowest BCUT2D eigenvalue weighted by molar-refractivity contribution is -0.110. The van der Waals surface area contributed by atoms with Crippen molar-refractivity contribution in [2.75, 3.05) is 11.1 Å². The van der Waals surface area contributed by atoms with Crippen molar-refractivity contribution in [1.82, 2.24) is 4.98 Å². The number of rotatable bonds is 6. The van der Waals surface area contributed by atoms with Gasteiger partial charge in [-0.3, -0.25) is 15.2 Å². The lowest BCUT2D eigenvalue weighted by Crippen LogP contribution is -2.24. The molecule has 0 unspecified atom stereocenters. The van der Waals surface area contributed by atoms with Crippen LogP contribution in [0.3, 0.4) is 0 Å². The van der Waals surface area contributed by atoms with Crippen molar-refractivity contribution in [3.63, 3.8) is 0 Å². The van der Waals surface area contributed by atoms with Crippen LogP contribution in [-0.4, -0.2) is 16.6 Å². The Morgan fingerprint density at radius 1 is 1.00 bits per heavy atom. The van der Waals surface area contributed by atoms with Crippen LogP contribution < -0.4 is 11.1 Å². The number of pyridine rings is 1. The molecule has 2 aromatic carbocycles. The SMILES string of the molecule is N=C(C(=O)Nc1cccnc1)c1cc(-c2cccc(CC3CCCCCC3)c2)ccc1N. The fraction of sp³-hybridized carbons (Fsp3) is 0.296. The summed E-state index contributed by atoms with van der Waals surface area (Å²) >= 11 is 0. The van der Waals surface area contributed by atoms with Crippen molar-refractivity contribution in [2.45, 2.75) is 44.9 Å². The van der Waals surface area contributed by atoms with Gasteiger partial charge in [0.2, 0.25) is 0 Å². The first kappa shape index (κ1) is 21.8. The number of nitrogen functional groups attached to an aromatic ring is 1. The van der Waals surface area contributed by atoms with E-state index in [9.17, 15) is 4.79 Å². The number of anilines is 2. The number of aromatic nitrogens is 1. The molecule has 4 rings (SSSR count). The molecule has 1 aliphatic carbocycles. The van der Waals surface area contributed by atoms with E-state index in [2.05, 4.69) is 34.6 Å². The number of nitrogens with two attached hydrogens (primary N) is 1. The lowest BCUT2D eigenvalue weighted by atomic mass is 9.90. The second-order valence-corrected chi connectivity index (χ2v) is 8.63. The second kappa shape index (κ2) is 10.2. The summed E-state index contributed by atoms with van der Waals surface area (Å²) in [4.78, 5) is 16.6. The van der Waals surface area contributed by atoms with Crippen LogP contribution in [0.4, 0.5) is 11.4 Å². The van der Waals surface area contributed by atoms with E-state index >= 15 is 0 Å². The van der Waals surface area contributed by atoms with Gasteiger partial charge in [-0.05, 0) is 53.3 Å². The predicted molar refractivity (Wildman–Crippen MR) is 131 cm³/mol. The maximum atomic E-state index is 12.6. The van der Waals surface area contributed by atoms with Crippen LogP contribution in [0, 0.1) is 11.3 Å². The Labute approximate surface area is 189 Å². The second-order valence-electron chi connectivity index (χ2n) is 8.63. The molecule has 3 aromatic rings. The van der Waals surface area contributed by atoms with E-state index in [4.69, 9.17) is 11.1 Å². The van der Waals surface area contributed by atoms with E-state index in [-0.39, 0.29) is 5.71 Å². The Balaban J connectivity index is 1.53. The van der Waals surface area contributed by atoms with Crippen LogP contribution in [-0.2, 0) is 11.2 Å². The van der Waals surface area contributed by atoms with Crippen molar-refractivity contribution in [2.24, 2.45) is 5.92 Å². The van der Waals surface area contributed by atoms with Crippen molar-refractivity contribution in [1.29, 1.82) is 5.41 Å². The fourth-order valence-electron chi connectivity index (χ4n) is 4.48. The number of nitrogens with one attached hydrogen (secondary N) is 2. The molecule has 0 radical (unpaired) electrons. The number of nitrogens with zero attached hydrogens (tertiary/aromatic N) is 1. The number of amides is 1. The largest absolute Gasteiger partial charge is 0.398 e. The Morgan fingerprint density at radius 2 is 1.78 bits per heavy atom. The normalized spacial score (nSPS) is 14.5. The molecule has 1 aromatic heterocycles. The Morgan fingerprint density at radius 3 is 2.53 bits per heavy atom. The molecule has 0 atom stereocenters. The van der Waals surface area contributed by atoms with E-state index in [1.54, 1.807) is 30.6 Å². The molecule has 1 saturated carbocycles. The Bertz CT molecular complexity index is 1090. The smallest absolute Gasteiger partial charge is 0.274 e. The summed E-state index contributed by atoms with van der Waals surface area (Å²) < 4.78 is 0. The zero-order valence-corrected chi connectivity index (χ0v) is 18.3. The molecule has 164 valence electrons. The van der Waals surface area contributed by atoms with Crippen molar-refractivity contribution >= 4 is 23.0 Å². The lowest BCUT2D eigenvalue weighted by Gasteiger charge is -2.15. The zero-order chi connectivity index (χ0) is 22.3. The highest BCUT2D eigenvalue weighted by atomic mass is 16.1. The van der Waals surface area contributed by atoms with Crippen LogP contribution in [0.5, 0.6) is 0 Å². The molecule has 0 saturated heterocycles. The topological polar surface area (TPSA) is 91.9 Å². The quantitative estimate of drug-likeness (QED) is 0.262. The summed E-state index contributed by atoms with van der Waals surface area (Å²) in [7, 11) is 0. The van der Waals surface area contributed by atoms with Gasteiger partial charge in [-0.2, -0.15) is 0 Å². The van der Waals surface area contributed by atoms with Gasteiger partial charge in [0.15, 0.2) is 0 Å². The summed E-state index contributed by atoms with van der Waals surface area (Å²) in [5.41, 5.74) is 10.7. The number of carbonyl (C=O) groups is 1. The number of hydrogen-bond donors (Lipinski definition) is 3. The van der Waals surface area contributed by atoms with Crippen LogP contribution >= 0.6 is 0 Å². The molecule has 32 heavy (non-hydrogen) atoms. The third-order valence-electron chi connectivity index (χ3n) is 6.23. The molecule has 5 nitrogen and oxygen atoms in total. The molecular weight excluding hydrogens is 396 g/mol. The van der Waals surface area contributed by atoms with Crippen LogP contribution in [0.15, 0.2) is 67.0 Å². The van der Waals surface area contributed by atoms with Crippen molar-refractivity contribution in [3.05, 3.63) is 78.1 Å². The van der Waals surface area contributed by atoms with Crippen LogP contribution in [0.1, 0.15) is 49.7 Å². The number of carbonyl (C=O) groups excluding carboxylic acids is 1. The first-order chi connectivity index (χ1) is 15.6. The first-order valence-corrected chi connectivity index (χ1v) is 11.4. The maximum absolute atomic E-state index is 12.6. The average molecular weight is 427 g/mol. The third kappa shape index (κ3) is 5.41. The summed E-state index contributed by atoms with van der Waals surface area (Å²) in [6, 6.07) is 17.6. The van der Waals surface area contributed by atoms with Gasteiger partial charge < -0.3 is 11.1 Å². The van der Waals surface area contributed by atoms with Gasteiger partial charge in [0, 0.05) is 17.4 Å². The Kier molecular flexibility index (Phi) is 6.95. The summed E-state index contributed by atoms with van der Waals surface area (Å²) in [5.74, 6) is 0.253. The summed E-state index contributed by atoms with van der Waals surface area (Å²) in [6.07, 6.45) is 12.3. The molecule has 5 heteroatoms. The first-order valence-electron chi connectivity index (χ1n) is 11.4. The van der Waals surface area contributed by atoms with Crippen LogP contribution in [0.2, 0.25) is 0 Å². The highest BCUT2D eigenvalue weighted by molar-refractivity contribution is 6.48. The van der Waals surface area contributed by atoms with E-state index in [1.165, 1.54) is 44.1 Å². The molecular formula is C27H30N4O. The molecule has 1 amide bonds. The van der Waals surface area contributed by atoms with E-state index in [0.717, 1.165) is 23.5 Å². The molecule has 0 aliphatic heterocycles. The van der Waals surface area contributed by atoms with Crippen molar-refractivity contribution < 1.29 is 4.79 Å². The van der Waals surface area contributed by atoms with Gasteiger partial charge >= 0.3 is 0 Å². The molecule has 1 heterocycles. The fourth-order valence-corrected chi connectivity index (χ4v) is 4.48. The Hall–Kier alpha value is -3.47. The van der Waals surface area contributed by atoms with Gasteiger partial charge in [-0.15, -0.1) is 0 Å². The molecule has 1 fully saturated rings. The molecule has 1 aliphatic rings. The van der Waals surface area contributed by atoms with Gasteiger partial charge in [0.25, 0.3) is 5.91 Å². The van der Waals surface area contributed by atoms with Crippen molar-refractivity contribution in [3.8, 4) is 11.1 Å². The molecule has 4 N–H and O–H groups in total. The highest BCUT2D eigenvalue weighted by Crippen LogP contribution is 2.29. The zero-order valence-electron chi connectivity index (χ0n) is 18.3. The number of hydrogen-bond acceptors (Lipinski definition) is 4. The monoisotopic (exact) mass is 426 g/mol. The minimum atomic E-state index is -0.510. The summed E-state index contributed by atoms with van der Waals surface area (Å²) in [5, 5.41) is 11.1. The summed E-state index contributed by atoms with van der Waals surface area (Å²) in [6.45, 7) is 0. The standard InChI is InChI=1S/C27H30N4O/c28-25-13-12-22(17-24(25)26(29)27(32)31-23-11-6-14-30-18-23)21-10-5-9-20(16-21)15-19-7-3-1-2-4-8-19/h5-6,9-14,16-19,29H,1-4,7-8,15,28H2,(H,31,32). The predicted octanol–water partition coefficient (Wildman–Crippen LogP) is 5.85. The van der Waals surface area contributed by atoms with Gasteiger partial charge in [0.05, 0.1) is 11.9 Å². The van der Waals surface area contributed by atoms with E-state index in [0.29, 0.717) is 16.9 Å². The highest BCUT2D eigenvalue weighted by Gasteiger charge is 2.17.